The molecular weight excluding hydrogens is 396 g/mol. The van der Waals surface area contributed by atoms with Crippen molar-refractivity contribution in [2.75, 3.05) is 13.2 Å². The average Bonchev–Trinajstić information content (AvgIpc) is 2.63. The molecule has 2 atom stereocenters. The van der Waals surface area contributed by atoms with Gasteiger partial charge in [-0.2, -0.15) is 17.6 Å². The predicted molar refractivity (Wildman–Crippen MR) is 94.4 cm³/mol. The largest absolute Gasteiger partial charge is 0.459 e. The van der Waals surface area contributed by atoms with Crippen LogP contribution in [-0.4, -0.2) is 42.8 Å². The number of halogens is 4. The second-order valence-electron chi connectivity index (χ2n) is 8.03. The lowest BCUT2D eigenvalue weighted by molar-refractivity contribution is -0.247. The molecule has 2 fully saturated rings. The lowest BCUT2D eigenvalue weighted by atomic mass is 9.66. The van der Waals surface area contributed by atoms with E-state index in [1.807, 2.05) is 0 Å². The molecule has 0 N–H and O–H groups in total. The van der Waals surface area contributed by atoms with Gasteiger partial charge in [0.25, 0.3) is 0 Å². The molecule has 0 amide bonds. The molecule has 29 heavy (non-hydrogen) atoms. The Morgan fingerprint density at radius 1 is 1.03 bits per heavy atom. The lowest BCUT2D eigenvalue weighted by Crippen LogP contribution is -2.48. The zero-order chi connectivity index (χ0) is 21.8. The van der Waals surface area contributed by atoms with Crippen LogP contribution in [0.2, 0.25) is 0 Å². The van der Waals surface area contributed by atoms with E-state index in [2.05, 4.69) is 16.1 Å². The van der Waals surface area contributed by atoms with E-state index in [-0.39, 0.29) is 35.5 Å². The van der Waals surface area contributed by atoms with Crippen LogP contribution in [0.15, 0.2) is 12.2 Å². The number of hydrogen-bond donors (Lipinski definition) is 0. The molecule has 0 aromatic rings. The number of carbonyl (C=O) groups is 3. The number of ether oxygens (including phenoxy) is 2. The highest BCUT2D eigenvalue weighted by Gasteiger charge is 2.58. The smallest absolute Gasteiger partial charge is 0.346 e. The van der Waals surface area contributed by atoms with Crippen molar-refractivity contribution in [3.63, 3.8) is 0 Å². The second-order valence-corrected chi connectivity index (χ2v) is 8.03. The first-order chi connectivity index (χ1) is 13.4. The third kappa shape index (κ3) is 6.02. The average molecular weight is 422 g/mol. The summed E-state index contributed by atoms with van der Waals surface area (Å²) in [5, 5.41) is 0. The number of esters is 2. The molecule has 0 aromatic heterocycles. The number of ketones is 1. The highest BCUT2D eigenvalue weighted by molar-refractivity contribution is 5.87. The first kappa shape index (κ1) is 23.3. The van der Waals surface area contributed by atoms with Crippen molar-refractivity contribution in [3.05, 3.63) is 12.2 Å². The first-order valence-corrected chi connectivity index (χ1v) is 9.70. The summed E-state index contributed by atoms with van der Waals surface area (Å²) >= 11 is 0. The molecular formula is C20H26F4O5. The Kier molecular flexibility index (Phi) is 7.45. The fraction of sp³-hybridized carbons (Fsp3) is 0.750. The Labute approximate surface area is 166 Å². The van der Waals surface area contributed by atoms with Gasteiger partial charge in [-0.1, -0.05) is 13.0 Å². The van der Waals surface area contributed by atoms with Crippen LogP contribution >= 0.6 is 0 Å². The van der Waals surface area contributed by atoms with Crippen LogP contribution in [0.3, 0.4) is 0 Å². The van der Waals surface area contributed by atoms with Crippen LogP contribution in [0.25, 0.3) is 0 Å². The van der Waals surface area contributed by atoms with Gasteiger partial charge in [0.2, 0.25) is 0 Å². The van der Waals surface area contributed by atoms with Crippen molar-refractivity contribution in [1.29, 1.82) is 0 Å². The number of hydrogen-bond acceptors (Lipinski definition) is 5. The van der Waals surface area contributed by atoms with Crippen molar-refractivity contribution in [3.8, 4) is 0 Å². The third-order valence-electron chi connectivity index (χ3n) is 5.58. The van der Waals surface area contributed by atoms with Gasteiger partial charge in [0.15, 0.2) is 13.2 Å². The Morgan fingerprint density at radius 2 is 1.55 bits per heavy atom. The molecule has 164 valence electrons. The van der Waals surface area contributed by atoms with E-state index in [9.17, 15) is 31.9 Å². The van der Waals surface area contributed by atoms with Crippen LogP contribution in [0.4, 0.5) is 17.6 Å². The molecule has 5 nitrogen and oxygen atoms in total. The molecule has 0 saturated heterocycles. The van der Waals surface area contributed by atoms with Crippen molar-refractivity contribution in [2.24, 2.45) is 17.8 Å². The van der Waals surface area contributed by atoms with Crippen LogP contribution in [0, 0.1) is 17.8 Å². The van der Waals surface area contributed by atoms with E-state index in [4.69, 9.17) is 0 Å². The number of fused-ring (bicyclic) bond motifs is 2. The normalized spacial score (nSPS) is 24.7. The van der Waals surface area contributed by atoms with Crippen molar-refractivity contribution >= 4 is 17.7 Å². The highest BCUT2D eigenvalue weighted by atomic mass is 19.3. The van der Waals surface area contributed by atoms with Gasteiger partial charge in [0.05, 0.1) is 0 Å². The van der Waals surface area contributed by atoms with Crippen LogP contribution in [0.1, 0.15) is 51.9 Å². The Bertz CT molecular complexity index is 645. The summed E-state index contributed by atoms with van der Waals surface area (Å²) in [4.78, 5) is 34.9. The van der Waals surface area contributed by atoms with E-state index in [1.54, 1.807) is 0 Å². The molecule has 2 aliphatic carbocycles. The van der Waals surface area contributed by atoms with Gasteiger partial charge in [-0.15, -0.1) is 0 Å². The minimum Gasteiger partial charge on any atom is -0.459 e. The van der Waals surface area contributed by atoms with Crippen molar-refractivity contribution in [2.45, 2.75) is 63.7 Å². The van der Waals surface area contributed by atoms with Crippen molar-refractivity contribution < 1.29 is 41.4 Å². The number of Topliss-reactive ketones (excluding diaryl/α,β-unsaturated/α-hetero) is 1. The summed E-state index contributed by atoms with van der Waals surface area (Å²) in [6, 6.07) is 0. The van der Waals surface area contributed by atoms with E-state index >= 15 is 0 Å². The number of alkyl halides is 4. The van der Waals surface area contributed by atoms with Gasteiger partial charge in [0, 0.05) is 23.8 Å². The summed E-state index contributed by atoms with van der Waals surface area (Å²) in [6.07, 6.45) is 4.24. The lowest BCUT2D eigenvalue weighted by Gasteiger charge is -2.37. The van der Waals surface area contributed by atoms with Gasteiger partial charge >= 0.3 is 23.8 Å². The third-order valence-corrected chi connectivity index (χ3v) is 5.58. The number of rotatable bonds is 9. The summed E-state index contributed by atoms with van der Waals surface area (Å²) < 4.78 is 63.2. The maximum absolute atomic E-state index is 13.7. The van der Waals surface area contributed by atoms with E-state index in [0.717, 1.165) is 19.3 Å². The topological polar surface area (TPSA) is 69.7 Å². The maximum atomic E-state index is 13.7. The maximum Gasteiger partial charge on any atom is 0.346 e. The molecule has 2 rings (SSSR count). The fourth-order valence-electron chi connectivity index (χ4n) is 3.89. The zero-order valence-corrected chi connectivity index (χ0v) is 16.4. The monoisotopic (exact) mass is 422 g/mol. The Balaban J connectivity index is 1.76. The minimum atomic E-state index is -4.69. The molecule has 0 aromatic carbocycles. The molecule has 2 bridgehead atoms. The fourth-order valence-corrected chi connectivity index (χ4v) is 3.89. The minimum absolute atomic E-state index is 0.00783. The molecule has 0 aliphatic heterocycles. The quantitative estimate of drug-likeness (QED) is 0.318. The Morgan fingerprint density at radius 3 is 2.07 bits per heavy atom. The highest BCUT2D eigenvalue weighted by Crippen LogP contribution is 2.41. The van der Waals surface area contributed by atoms with Crippen molar-refractivity contribution in [1.82, 2.24) is 0 Å². The summed E-state index contributed by atoms with van der Waals surface area (Å²) in [5.74, 6) is -11.2. The zero-order valence-electron chi connectivity index (χ0n) is 16.4. The van der Waals surface area contributed by atoms with Gasteiger partial charge in [-0.05, 0) is 44.9 Å². The van der Waals surface area contributed by atoms with Gasteiger partial charge in [0.1, 0.15) is 5.78 Å². The summed E-state index contributed by atoms with van der Waals surface area (Å²) in [5.41, 5.74) is -0.205. The summed E-state index contributed by atoms with van der Waals surface area (Å²) in [6.45, 7) is 0.701. The standard InChI is InChI=1S/C20H26F4O5/c1-12(2)18(27)29-11-20(23,24)19(21,22)10-28-16(25)7-6-13-8-14-4-3-5-15(9-13)17(14)26/h13-15H,1,3-11H2,2H3. The SMILES string of the molecule is C=C(C)C(=O)OCC(F)(F)C(F)(F)COC(=O)CCC1CC2CCCC(C1)C2=O. The number of carbonyl (C=O) groups excluding carboxylic acids is 3. The molecule has 2 unspecified atom stereocenters. The second kappa shape index (κ2) is 9.26. The molecule has 2 saturated carbocycles. The van der Waals surface area contributed by atoms with E-state index in [0.29, 0.717) is 19.3 Å². The van der Waals surface area contributed by atoms with Crippen LogP contribution < -0.4 is 0 Å². The van der Waals surface area contributed by atoms with Gasteiger partial charge < -0.3 is 9.47 Å². The molecule has 0 spiro atoms. The van der Waals surface area contributed by atoms with Gasteiger partial charge in [-0.3, -0.25) is 9.59 Å². The van der Waals surface area contributed by atoms with Gasteiger partial charge in [-0.25, -0.2) is 4.79 Å². The summed E-state index contributed by atoms with van der Waals surface area (Å²) in [7, 11) is 0. The first-order valence-electron chi connectivity index (χ1n) is 9.70. The molecule has 2 aliphatic rings. The Hall–Kier alpha value is -1.93. The van der Waals surface area contributed by atoms with Crippen LogP contribution in [0.5, 0.6) is 0 Å². The molecule has 0 heterocycles. The van der Waals surface area contributed by atoms with Crippen LogP contribution in [-0.2, 0) is 23.9 Å². The molecule has 9 heteroatoms. The van der Waals surface area contributed by atoms with E-state index in [1.165, 1.54) is 6.92 Å². The molecule has 0 radical (unpaired) electrons. The predicted octanol–water partition coefficient (Wildman–Crippen LogP) is 4.10. The van der Waals surface area contributed by atoms with E-state index < -0.39 is 37.0 Å².